The molecule has 0 fully saturated rings. The molecule has 1 heterocycles. The average molecular weight is 334 g/mol. The van der Waals surface area contributed by atoms with Crippen LogP contribution in [0.1, 0.15) is 15.9 Å². The van der Waals surface area contributed by atoms with Crippen molar-refractivity contribution in [1.82, 2.24) is 10.4 Å². The molecule has 2 rings (SSSR count). The van der Waals surface area contributed by atoms with Crippen LogP contribution in [0, 0.1) is 0 Å². The monoisotopic (exact) mass is 333 g/mol. The highest BCUT2D eigenvalue weighted by Crippen LogP contribution is 2.14. The Hall–Kier alpha value is -2.21. The molecule has 1 aromatic carbocycles. The number of amides is 1. The molecule has 102 valence electrons. The average Bonchev–Trinajstić information content (AvgIpc) is 2.47. The predicted octanol–water partition coefficient (Wildman–Crippen LogP) is 2.62. The van der Waals surface area contributed by atoms with Crippen molar-refractivity contribution < 1.29 is 9.53 Å². The summed E-state index contributed by atoms with van der Waals surface area (Å²) >= 11 is 3.26. The van der Waals surface area contributed by atoms with Crippen LogP contribution in [0.2, 0.25) is 0 Å². The Morgan fingerprint density at radius 2 is 2.20 bits per heavy atom. The van der Waals surface area contributed by atoms with Crippen molar-refractivity contribution in [2.75, 3.05) is 7.11 Å². The second-order valence-electron chi connectivity index (χ2n) is 3.83. The van der Waals surface area contributed by atoms with Gasteiger partial charge in [-0.25, -0.2) is 5.43 Å². The van der Waals surface area contributed by atoms with E-state index in [0.717, 1.165) is 10.0 Å². The highest BCUT2D eigenvalue weighted by atomic mass is 79.9. The Morgan fingerprint density at radius 3 is 2.95 bits per heavy atom. The molecule has 0 radical (unpaired) electrons. The summed E-state index contributed by atoms with van der Waals surface area (Å²) in [5, 5.41) is 3.91. The molecule has 0 atom stereocenters. The fraction of sp³-hybridized carbons (Fsp3) is 0.0714. The summed E-state index contributed by atoms with van der Waals surface area (Å²) in [5.74, 6) is 0.361. The van der Waals surface area contributed by atoms with Crippen molar-refractivity contribution in [2.45, 2.75) is 0 Å². The second-order valence-corrected chi connectivity index (χ2v) is 4.75. The van der Waals surface area contributed by atoms with E-state index in [-0.39, 0.29) is 5.91 Å². The minimum absolute atomic E-state index is 0.329. The Labute approximate surface area is 124 Å². The minimum atomic E-state index is -0.329. The van der Waals surface area contributed by atoms with Gasteiger partial charge >= 0.3 is 0 Å². The standard InChI is InChI=1S/C14H12BrN3O2/c1-20-13-5-3-2-4-10(13)8-17-18-14(19)11-6-12(15)9-16-7-11/h2-9H,1H3,(H,18,19)/b17-8-. The number of hydrogen-bond donors (Lipinski definition) is 1. The number of methoxy groups -OCH3 is 1. The van der Waals surface area contributed by atoms with Gasteiger partial charge in [-0.15, -0.1) is 0 Å². The number of carbonyl (C=O) groups is 1. The largest absolute Gasteiger partial charge is 0.496 e. The van der Waals surface area contributed by atoms with Crippen LogP contribution in [0.15, 0.2) is 52.3 Å². The highest BCUT2D eigenvalue weighted by Gasteiger charge is 2.05. The number of nitrogens with zero attached hydrogens (tertiary/aromatic N) is 2. The van der Waals surface area contributed by atoms with Crippen LogP contribution in [0.25, 0.3) is 0 Å². The summed E-state index contributed by atoms with van der Waals surface area (Å²) in [6.45, 7) is 0. The molecule has 0 saturated carbocycles. The molecule has 1 amide bonds. The van der Waals surface area contributed by atoms with E-state index in [1.165, 1.54) is 12.4 Å². The first-order valence-corrected chi connectivity index (χ1v) is 6.57. The maximum absolute atomic E-state index is 11.8. The fourth-order valence-corrected chi connectivity index (χ4v) is 1.90. The van der Waals surface area contributed by atoms with Crippen LogP contribution >= 0.6 is 15.9 Å². The van der Waals surface area contributed by atoms with Crippen LogP contribution in [0.3, 0.4) is 0 Å². The molecule has 0 aliphatic heterocycles. The van der Waals surface area contributed by atoms with E-state index in [4.69, 9.17) is 4.74 Å². The van der Waals surface area contributed by atoms with Crippen molar-refractivity contribution in [3.05, 3.63) is 58.3 Å². The maximum atomic E-state index is 11.8. The molecular weight excluding hydrogens is 322 g/mol. The Kier molecular flexibility index (Phi) is 4.84. The van der Waals surface area contributed by atoms with Gasteiger partial charge in [-0.2, -0.15) is 5.10 Å². The van der Waals surface area contributed by atoms with Gasteiger partial charge in [0.25, 0.3) is 5.91 Å². The van der Waals surface area contributed by atoms with Gasteiger partial charge in [-0.1, -0.05) is 12.1 Å². The number of hydrazone groups is 1. The summed E-state index contributed by atoms with van der Waals surface area (Å²) in [7, 11) is 1.58. The summed E-state index contributed by atoms with van der Waals surface area (Å²) in [6.07, 6.45) is 4.61. The van der Waals surface area contributed by atoms with Gasteiger partial charge in [-0.3, -0.25) is 9.78 Å². The molecule has 2 aromatic rings. The van der Waals surface area contributed by atoms with E-state index in [1.54, 1.807) is 19.4 Å². The van der Waals surface area contributed by atoms with Crippen LogP contribution < -0.4 is 10.2 Å². The predicted molar refractivity (Wildman–Crippen MR) is 80.0 cm³/mol. The number of pyridine rings is 1. The zero-order chi connectivity index (χ0) is 14.4. The number of rotatable bonds is 4. The van der Waals surface area contributed by atoms with Gasteiger partial charge in [-0.05, 0) is 34.1 Å². The van der Waals surface area contributed by atoms with E-state index in [2.05, 4.69) is 31.4 Å². The van der Waals surface area contributed by atoms with Gasteiger partial charge in [0.05, 0.1) is 18.9 Å². The number of halogens is 1. The Bertz CT molecular complexity index is 644. The van der Waals surface area contributed by atoms with Crippen molar-refractivity contribution in [3.8, 4) is 5.75 Å². The van der Waals surface area contributed by atoms with Gasteiger partial charge in [0.2, 0.25) is 0 Å². The van der Waals surface area contributed by atoms with E-state index in [1.807, 2.05) is 24.3 Å². The fourth-order valence-electron chi connectivity index (χ4n) is 1.53. The lowest BCUT2D eigenvalue weighted by Crippen LogP contribution is -2.17. The van der Waals surface area contributed by atoms with Crippen LogP contribution in [-0.4, -0.2) is 24.2 Å². The molecule has 6 heteroatoms. The van der Waals surface area contributed by atoms with Crippen LogP contribution in [-0.2, 0) is 0 Å². The number of para-hydroxylation sites is 1. The smallest absolute Gasteiger partial charge is 0.272 e. The normalized spacial score (nSPS) is 10.5. The molecule has 0 unspecified atom stereocenters. The first kappa shape index (κ1) is 14.2. The Balaban J connectivity index is 2.05. The van der Waals surface area contributed by atoms with Gasteiger partial charge in [0.15, 0.2) is 0 Å². The molecule has 20 heavy (non-hydrogen) atoms. The molecule has 0 saturated heterocycles. The van der Waals surface area contributed by atoms with Gasteiger partial charge < -0.3 is 4.74 Å². The molecular formula is C14H12BrN3O2. The van der Waals surface area contributed by atoms with Crippen molar-refractivity contribution in [1.29, 1.82) is 0 Å². The summed E-state index contributed by atoms with van der Waals surface area (Å²) in [4.78, 5) is 15.7. The number of aromatic nitrogens is 1. The third-order valence-corrected chi connectivity index (χ3v) is 2.91. The van der Waals surface area contributed by atoms with Crippen LogP contribution in [0.5, 0.6) is 5.75 Å². The second kappa shape index (κ2) is 6.81. The zero-order valence-corrected chi connectivity index (χ0v) is 12.3. The molecule has 0 aliphatic rings. The molecule has 1 N–H and O–H groups in total. The highest BCUT2D eigenvalue weighted by molar-refractivity contribution is 9.10. The minimum Gasteiger partial charge on any atom is -0.496 e. The number of ether oxygens (including phenoxy) is 1. The number of carbonyl (C=O) groups excluding carboxylic acids is 1. The summed E-state index contributed by atoms with van der Waals surface area (Å²) in [6, 6.07) is 9.06. The first-order valence-electron chi connectivity index (χ1n) is 5.77. The van der Waals surface area contributed by atoms with Crippen molar-refractivity contribution >= 4 is 28.1 Å². The van der Waals surface area contributed by atoms with Gasteiger partial charge in [0, 0.05) is 22.4 Å². The Morgan fingerprint density at radius 1 is 1.40 bits per heavy atom. The summed E-state index contributed by atoms with van der Waals surface area (Å²) in [5.41, 5.74) is 3.65. The number of hydrogen-bond acceptors (Lipinski definition) is 4. The van der Waals surface area contributed by atoms with Crippen molar-refractivity contribution in [2.24, 2.45) is 5.10 Å². The van der Waals surface area contributed by atoms with E-state index in [9.17, 15) is 4.79 Å². The summed E-state index contributed by atoms with van der Waals surface area (Å²) < 4.78 is 5.92. The SMILES string of the molecule is COc1ccccc1/C=N\NC(=O)c1cncc(Br)c1. The number of nitrogens with one attached hydrogen (secondary N) is 1. The quantitative estimate of drug-likeness (QED) is 0.691. The number of benzene rings is 1. The third kappa shape index (κ3) is 3.64. The lowest BCUT2D eigenvalue weighted by atomic mass is 10.2. The molecule has 0 spiro atoms. The first-order chi connectivity index (χ1) is 9.70. The van der Waals surface area contributed by atoms with E-state index < -0.39 is 0 Å². The molecule has 0 bridgehead atoms. The third-order valence-electron chi connectivity index (χ3n) is 2.48. The molecule has 5 nitrogen and oxygen atoms in total. The molecule has 1 aromatic heterocycles. The zero-order valence-electron chi connectivity index (χ0n) is 10.7. The van der Waals surface area contributed by atoms with E-state index >= 15 is 0 Å². The van der Waals surface area contributed by atoms with E-state index in [0.29, 0.717) is 11.3 Å². The molecule has 0 aliphatic carbocycles. The topological polar surface area (TPSA) is 63.6 Å². The van der Waals surface area contributed by atoms with Crippen LogP contribution in [0.4, 0.5) is 0 Å². The lowest BCUT2D eigenvalue weighted by Gasteiger charge is -2.03. The van der Waals surface area contributed by atoms with Crippen molar-refractivity contribution in [3.63, 3.8) is 0 Å². The maximum Gasteiger partial charge on any atom is 0.272 e. The van der Waals surface area contributed by atoms with Gasteiger partial charge in [0.1, 0.15) is 5.75 Å². The lowest BCUT2D eigenvalue weighted by molar-refractivity contribution is 0.0954.